The Morgan fingerprint density at radius 1 is 1.64 bits per heavy atom. The van der Waals surface area contributed by atoms with Crippen LogP contribution in [0, 0.1) is 16.2 Å². The first kappa shape index (κ1) is 10.1. The van der Waals surface area contributed by atoms with E-state index in [-0.39, 0.29) is 32.4 Å². The minimum atomic E-state index is -0.525. The summed E-state index contributed by atoms with van der Waals surface area (Å²) >= 11 is 0. The number of benzene rings is 1. The Morgan fingerprint density at radius 3 is 2.64 bits per heavy atom. The molecular formula is C6H5N2O2W-. The molecule has 0 bridgehead atoms. The van der Waals surface area contributed by atoms with Crippen molar-refractivity contribution in [1.82, 2.24) is 0 Å². The second kappa shape index (κ2) is 4.08. The first-order valence-corrected chi connectivity index (χ1v) is 2.62. The van der Waals surface area contributed by atoms with E-state index in [1.165, 1.54) is 18.2 Å². The molecule has 1 aromatic rings. The topological polar surface area (TPSA) is 69.2 Å². The van der Waals surface area contributed by atoms with Crippen LogP contribution in [0.3, 0.4) is 0 Å². The van der Waals surface area contributed by atoms with Gasteiger partial charge in [0, 0.05) is 26.0 Å². The number of nitrogens with zero attached hydrogens (tertiary/aromatic N) is 1. The predicted molar refractivity (Wildman–Crippen MR) is 36.3 cm³/mol. The van der Waals surface area contributed by atoms with E-state index in [1.54, 1.807) is 0 Å². The van der Waals surface area contributed by atoms with E-state index in [2.05, 4.69) is 6.07 Å². The van der Waals surface area contributed by atoms with Crippen LogP contribution in [0.25, 0.3) is 0 Å². The van der Waals surface area contributed by atoms with Crippen molar-refractivity contribution in [2.45, 2.75) is 0 Å². The first-order valence-electron chi connectivity index (χ1n) is 2.62. The Balaban J connectivity index is 0.000001000. The molecule has 0 aromatic heterocycles. The molecule has 0 fully saturated rings. The fourth-order valence-electron chi connectivity index (χ4n) is 0.601. The zero-order valence-corrected chi connectivity index (χ0v) is 8.41. The SMILES string of the molecule is Nc1c[c-]ccc1[N+](=O)[O-].[W]. The maximum atomic E-state index is 10.1. The van der Waals surface area contributed by atoms with Crippen molar-refractivity contribution in [2.24, 2.45) is 0 Å². The van der Waals surface area contributed by atoms with Crippen LogP contribution in [0.2, 0.25) is 0 Å². The summed E-state index contributed by atoms with van der Waals surface area (Å²) in [7, 11) is 0. The second-order valence-corrected chi connectivity index (χ2v) is 1.74. The van der Waals surface area contributed by atoms with Gasteiger partial charge in [0.1, 0.15) is 0 Å². The molecule has 0 aliphatic carbocycles. The number of nitrogens with two attached hydrogens (primary N) is 1. The predicted octanol–water partition coefficient (Wildman–Crippen LogP) is 0.975. The van der Waals surface area contributed by atoms with Crippen molar-refractivity contribution in [3.05, 3.63) is 34.4 Å². The van der Waals surface area contributed by atoms with E-state index in [9.17, 15) is 10.1 Å². The molecule has 58 valence electrons. The van der Waals surface area contributed by atoms with Gasteiger partial charge in [-0.05, 0) is 5.69 Å². The summed E-state index contributed by atoms with van der Waals surface area (Å²) in [6.45, 7) is 0. The standard InChI is InChI=1S/C6H5N2O2.W/c7-5-3-1-2-4-6(5)8(9)10;/h2-4H,7H2;/q-1;. The monoisotopic (exact) mass is 321 g/mol. The minimum absolute atomic E-state index is 0. The minimum Gasteiger partial charge on any atom is -0.444 e. The molecule has 1 rings (SSSR count). The van der Waals surface area contributed by atoms with Gasteiger partial charge in [0.05, 0.1) is 0 Å². The van der Waals surface area contributed by atoms with Gasteiger partial charge >= 0.3 is 0 Å². The number of nitro benzene ring substituents is 1. The molecular weight excluding hydrogens is 316 g/mol. The number of nitro groups is 1. The molecule has 0 aliphatic heterocycles. The van der Waals surface area contributed by atoms with E-state index in [0.717, 1.165) is 0 Å². The summed E-state index contributed by atoms with van der Waals surface area (Å²) in [4.78, 5) is 9.61. The van der Waals surface area contributed by atoms with E-state index < -0.39 is 4.92 Å². The third-order valence-electron chi connectivity index (χ3n) is 1.07. The van der Waals surface area contributed by atoms with E-state index in [1.807, 2.05) is 0 Å². The second-order valence-electron chi connectivity index (χ2n) is 1.74. The summed E-state index contributed by atoms with van der Waals surface area (Å²) in [5.74, 6) is 0. The van der Waals surface area contributed by atoms with Gasteiger partial charge in [-0.3, -0.25) is 10.1 Å². The summed E-state index contributed by atoms with van der Waals surface area (Å²) < 4.78 is 0. The Morgan fingerprint density at radius 2 is 2.27 bits per heavy atom. The molecule has 0 unspecified atom stereocenters. The molecule has 11 heavy (non-hydrogen) atoms. The summed E-state index contributed by atoms with van der Waals surface area (Å²) in [5, 5.41) is 10.1. The molecule has 0 amide bonds. The average Bonchev–Trinajstić information content (AvgIpc) is 1.88. The Hall–Kier alpha value is -0.892. The Labute approximate surface area is 77.8 Å². The zero-order valence-electron chi connectivity index (χ0n) is 5.48. The fraction of sp³-hybridized carbons (Fsp3) is 0. The average molecular weight is 321 g/mol. The van der Waals surface area contributed by atoms with Gasteiger partial charge in [-0.25, -0.2) is 0 Å². The summed E-state index contributed by atoms with van der Waals surface area (Å²) in [6, 6.07) is 6.77. The quantitative estimate of drug-likeness (QED) is 0.363. The number of rotatable bonds is 1. The van der Waals surface area contributed by atoms with Crippen LogP contribution in [0.1, 0.15) is 0 Å². The van der Waals surface area contributed by atoms with Crippen LogP contribution in [-0.4, -0.2) is 4.92 Å². The maximum Gasteiger partial charge on any atom is 0.188 e. The van der Waals surface area contributed by atoms with Crippen molar-refractivity contribution in [2.75, 3.05) is 5.73 Å². The smallest absolute Gasteiger partial charge is 0.188 e. The molecule has 0 atom stereocenters. The Bertz CT molecular complexity index is 265. The van der Waals surface area contributed by atoms with Crippen LogP contribution >= 0.6 is 0 Å². The van der Waals surface area contributed by atoms with Gasteiger partial charge < -0.3 is 5.73 Å². The van der Waals surface area contributed by atoms with Crippen molar-refractivity contribution < 1.29 is 26.0 Å². The number of anilines is 1. The molecule has 0 saturated heterocycles. The van der Waals surface area contributed by atoms with Gasteiger partial charge in [-0.2, -0.15) is 12.1 Å². The van der Waals surface area contributed by atoms with Crippen molar-refractivity contribution >= 4 is 11.4 Å². The van der Waals surface area contributed by atoms with Crippen molar-refractivity contribution in [3.8, 4) is 0 Å². The number of hydrogen-bond donors (Lipinski definition) is 1. The molecule has 0 aliphatic rings. The zero-order chi connectivity index (χ0) is 7.56. The van der Waals surface area contributed by atoms with Crippen LogP contribution in [-0.2, 0) is 21.1 Å². The van der Waals surface area contributed by atoms with E-state index in [0.29, 0.717) is 0 Å². The third-order valence-corrected chi connectivity index (χ3v) is 1.07. The van der Waals surface area contributed by atoms with E-state index in [4.69, 9.17) is 5.73 Å². The van der Waals surface area contributed by atoms with Crippen LogP contribution in [0.15, 0.2) is 18.2 Å². The van der Waals surface area contributed by atoms with Crippen LogP contribution in [0.4, 0.5) is 11.4 Å². The molecule has 2 N–H and O–H groups in total. The van der Waals surface area contributed by atoms with Crippen molar-refractivity contribution in [1.29, 1.82) is 0 Å². The first-order chi connectivity index (χ1) is 4.72. The van der Waals surface area contributed by atoms with Crippen molar-refractivity contribution in [3.63, 3.8) is 0 Å². The Kier molecular flexibility index (Phi) is 3.75. The van der Waals surface area contributed by atoms with Gasteiger partial charge in [0.2, 0.25) is 0 Å². The molecule has 1 aromatic carbocycles. The normalized spacial score (nSPS) is 8.36. The number of nitrogen functional groups attached to an aromatic ring is 1. The molecule has 0 radical (unpaired) electrons. The maximum absolute atomic E-state index is 10.1. The molecule has 0 spiro atoms. The molecule has 0 saturated carbocycles. The summed E-state index contributed by atoms with van der Waals surface area (Å²) in [5.41, 5.74) is 5.32. The fourth-order valence-corrected chi connectivity index (χ4v) is 0.601. The van der Waals surface area contributed by atoms with Gasteiger partial charge in [-0.1, -0.05) is 6.07 Å². The van der Waals surface area contributed by atoms with Gasteiger partial charge in [-0.15, -0.1) is 6.07 Å². The molecule has 0 heterocycles. The largest absolute Gasteiger partial charge is 0.444 e. The third kappa shape index (κ3) is 2.31. The molecule has 5 heteroatoms. The number of hydrogen-bond acceptors (Lipinski definition) is 3. The molecule has 4 nitrogen and oxygen atoms in total. The van der Waals surface area contributed by atoms with Crippen LogP contribution in [0.5, 0.6) is 0 Å². The van der Waals surface area contributed by atoms with Gasteiger partial charge in [0.15, 0.2) is 5.69 Å². The van der Waals surface area contributed by atoms with Gasteiger partial charge in [0.25, 0.3) is 0 Å². The van der Waals surface area contributed by atoms with Crippen LogP contribution < -0.4 is 5.73 Å². The van der Waals surface area contributed by atoms with E-state index >= 15 is 0 Å². The summed E-state index contributed by atoms with van der Waals surface area (Å²) in [6.07, 6.45) is 0.